The number of benzene rings is 2. The van der Waals surface area contributed by atoms with Gasteiger partial charge in [0.1, 0.15) is 0 Å². The Morgan fingerprint density at radius 1 is 1.05 bits per heavy atom. The number of carbonyl (C=O) groups is 1. The maximum Gasteiger partial charge on any atom is 0.310 e. The van der Waals surface area contributed by atoms with Gasteiger partial charge in [-0.3, -0.25) is 4.79 Å². The van der Waals surface area contributed by atoms with Gasteiger partial charge in [0.2, 0.25) is 0 Å². The van der Waals surface area contributed by atoms with Gasteiger partial charge in [0, 0.05) is 16.8 Å². The third kappa shape index (κ3) is 3.39. The van der Waals surface area contributed by atoms with Crippen LogP contribution in [0, 0.1) is 11.8 Å². The standard InChI is InChI=1S/C17H15NO2/c1-20-17(19)12-15-8-3-2-6-13(15)10-11-14-7-4-5-9-16(14)18/h2-9H,12,18H2,1H3. The minimum Gasteiger partial charge on any atom is -0.469 e. The summed E-state index contributed by atoms with van der Waals surface area (Å²) in [5.74, 6) is 5.82. The van der Waals surface area contributed by atoms with E-state index in [1.807, 2.05) is 48.5 Å². The maximum absolute atomic E-state index is 11.4. The minimum atomic E-state index is -0.279. The number of rotatable bonds is 2. The molecule has 2 aromatic carbocycles. The molecule has 0 heterocycles. The average molecular weight is 265 g/mol. The molecule has 0 amide bonds. The second kappa shape index (κ2) is 6.44. The number of nitrogens with two attached hydrogens (primary N) is 1. The highest BCUT2D eigenvalue weighted by Gasteiger charge is 2.05. The summed E-state index contributed by atoms with van der Waals surface area (Å²) < 4.78 is 4.68. The first-order chi connectivity index (χ1) is 9.70. The van der Waals surface area contributed by atoms with Crippen molar-refractivity contribution in [1.82, 2.24) is 0 Å². The molecule has 100 valence electrons. The number of carbonyl (C=O) groups excluding carboxylic acids is 1. The lowest BCUT2D eigenvalue weighted by molar-refractivity contribution is -0.139. The molecule has 0 saturated heterocycles. The van der Waals surface area contributed by atoms with E-state index >= 15 is 0 Å². The zero-order valence-electron chi connectivity index (χ0n) is 11.2. The molecule has 0 aliphatic rings. The summed E-state index contributed by atoms with van der Waals surface area (Å²) in [7, 11) is 1.38. The van der Waals surface area contributed by atoms with Gasteiger partial charge < -0.3 is 10.5 Å². The van der Waals surface area contributed by atoms with E-state index in [0.29, 0.717) is 5.69 Å². The van der Waals surface area contributed by atoms with Gasteiger partial charge in [-0.05, 0) is 23.8 Å². The van der Waals surface area contributed by atoms with E-state index in [1.165, 1.54) is 7.11 Å². The number of ether oxygens (including phenoxy) is 1. The Hall–Kier alpha value is -2.73. The first kappa shape index (κ1) is 13.7. The van der Waals surface area contributed by atoms with E-state index in [0.717, 1.165) is 16.7 Å². The van der Waals surface area contributed by atoms with Crippen LogP contribution in [0.2, 0.25) is 0 Å². The van der Waals surface area contributed by atoms with Crippen molar-refractivity contribution < 1.29 is 9.53 Å². The Bertz CT molecular complexity index is 681. The average Bonchev–Trinajstić information content (AvgIpc) is 2.47. The van der Waals surface area contributed by atoms with Gasteiger partial charge in [-0.2, -0.15) is 0 Å². The van der Waals surface area contributed by atoms with Crippen LogP contribution in [0.5, 0.6) is 0 Å². The summed E-state index contributed by atoms with van der Waals surface area (Å²) in [6.45, 7) is 0. The fraction of sp³-hybridized carbons (Fsp3) is 0.118. The lowest BCUT2D eigenvalue weighted by Gasteiger charge is -2.03. The number of anilines is 1. The summed E-state index contributed by atoms with van der Waals surface area (Å²) in [5.41, 5.74) is 8.93. The van der Waals surface area contributed by atoms with Gasteiger partial charge >= 0.3 is 5.97 Å². The van der Waals surface area contributed by atoms with Crippen molar-refractivity contribution in [2.24, 2.45) is 0 Å². The molecule has 0 unspecified atom stereocenters. The summed E-state index contributed by atoms with van der Waals surface area (Å²) in [6.07, 6.45) is 0.214. The van der Waals surface area contributed by atoms with Gasteiger partial charge in [0.15, 0.2) is 0 Å². The summed E-state index contributed by atoms with van der Waals surface area (Å²) in [4.78, 5) is 11.4. The lowest BCUT2D eigenvalue weighted by Crippen LogP contribution is -2.05. The maximum atomic E-state index is 11.4. The van der Waals surface area contributed by atoms with Crippen molar-refractivity contribution >= 4 is 11.7 Å². The molecule has 0 fully saturated rings. The Labute approximate surface area is 118 Å². The lowest BCUT2D eigenvalue weighted by atomic mass is 10.0. The molecule has 0 radical (unpaired) electrons. The van der Waals surface area contributed by atoms with Crippen LogP contribution in [0.3, 0.4) is 0 Å². The molecule has 0 bridgehead atoms. The van der Waals surface area contributed by atoms with E-state index in [2.05, 4.69) is 16.6 Å². The van der Waals surface area contributed by atoms with Gasteiger partial charge in [0.25, 0.3) is 0 Å². The smallest absolute Gasteiger partial charge is 0.310 e. The van der Waals surface area contributed by atoms with E-state index in [4.69, 9.17) is 5.73 Å². The molecule has 2 rings (SSSR count). The Morgan fingerprint density at radius 2 is 1.65 bits per heavy atom. The van der Waals surface area contributed by atoms with Crippen molar-refractivity contribution in [3.8, 4) is 11.8 Å². The normalized spacial score (nSPS) is 9.45. The molecule has 2 aromatic rings. The molecule has 0 atom stereocenters. The quantitative estimate of drug-likeness (QED) is 0.515. The number of hydrogen-bond acceptors (Lipinski definition) is 3. The number of nitrogen functional groups attached to an aromatic ring is 1. The highest BCUT2D eigenvalue weighted by atomic mass is 16.5. The van der Waals surface area contributed by atoms with Crippen LogP contribution < -0.4 is 5.73 Å². The van der Waals surface area contributed by atoms with E-state index in [-0.39, 0.29) is 12.4 Å². The van der Waals surface area contributed by atoms with Crippen molar-refractivity contribution in [3.05, 3.63) is 65.2 Å². The summed E-state index contributed by atoms with van der Waals surface area (Å²) in [6, 6.07) is 14.9. The van der Waals surface area contributed by atoms with Crippen LogP contribution in [-0.4, -0.2) is 13.1 Å². The highest BCUT2D eigenvalue weighted by molar-refractivity contribution is 5.73. The van der Waals surface area contributed by atoms with Crippen LogP contribution in [0.1, 0.15) is 16.7 Å². The molecule has 2 N–H and O–H groups in total. The summed E-state index contributed by atoms with van der Waals surface area (Å²) >= 11 is 0. The van der Waals surface area contributed by atoms with Crippen LogP contribution in [-0.2, 0) is 16.0 Å². The fourth-order valence-corrected chi connectivity index (χ4v) is 1.77. The fourth-order valence-electron chi connectivity index (χ4n) is 1.77. The second-order valence-electron chi connectivity index (χ2n) is 4.25. The molecule has 0 saturated carbocycles. The minimum absolute atomic E-state index is 0.214. The first-order valence-electron chi connectivity index (χ1n) is 6.22. The van der Waals surface area contributed by atoms with Crippen LogP contribution in [0.15, 0.2) is 48.5 Å². The summed E-state index contributed by atoms with van der Waals surface area (Å²) in [5, 5.41) is 0. The van der Waals surface area contributed by atoms with Gasteiger partial charge in [-0.1, -0.05) is 42.2 Å². The van der Waals surface area contributed by atoms with E-state index in [1.54, 1.807) is 0 Å². The third-order valence-electron chi connectivity index (χ3n) is 2.87. The van der Waals surface area contributed by atoms with E-state index in [9.17, 15) is 4.79 Å². The molecule has 0 spiro atoms. The largest absolute Gasteiger partial charge is 0.469 e. The van der Waals surface area contributed by atoms with Crippen LogP contribution in [0.25, 0.3) is 0 Å². The molecule has 0 aromatic heterocycles. The van der Waals surface area contributed by atoms with Gasteiger partial charge in [0.05, 0.1) is 13.5 Å². The number of methoxy groups -OCH3 is 1. The molecule has 20 heavy (non-hydrogen) atoms. The number of esters is 1. The SMILES string of the molecule is COC(=O)Cc1ccccc1C#Cc1ccccc1N. The van der Waals surface area contributed by atoms with Crippen molar-refractivity contribution in [2.45, 2.75) is 6.42 Å². The van der Waals surface area contributed by atoms with Crippen molar-refractivity contribution in [1.29, 1.82) is 0 Å². The van der Waals surface area contributed by atoms with Gasteiger partial charge in [-0.15, -0.1) is 0 Å². The Morgan fingerprint density at radius 3 is 2.35 bits per heavy atom. The molecule has 0 aliphatic heterocycles. The van der Waals surface area contributed by atoms with Gasteiger partial charge in [-0.25, -0.2) is 0 Å². The Balaban J connectivity index is 2.31. The molecule has 3 heteroatoms. The molecule has 0 aliphatic carbocycles. The number of para-hydroxylation sites is 1. The van der Waals surface area contributed by atoms with Crippen LogP contribution in [0.4, 0.5) is 5.69 Å². The third-order valence-corrected chi connectivity index (χ3v) is 2.87. The molecule has 3 nitrogen and oxygen atoms in total. The zero-order chi connectivity index (χ0) is 14.4. The van der Waals surface area contributed by atoms with E-state index < -0.39 is 0 Å². The molecular weight excluding hydrogens is 250 g/mol. The monoisotopic (exact) mass is 265 g/mol. The second-order valence-corrected chi connectivity index (χ2v) is 4.25. The van der Waals surface area contributed by atoms with Crippen molar-refractivity contribution in [3.63, 3.8) is 0 Å². The number of hydrogen-bond donors (Lipinski definition) is 1. The predicted octanol–water partition coefficient (Wildman–Crippen LogP) is 2.38. The molecular formula is C17H15NO2. The highest BCUT2D eigenvalue weighted by Crippen LogP contribution is 2.11. The zero-order valence-corrected chi connectivity index (χ0v) is 11.2. The predicted molar refractivity (Wildman–Crippen MR) is 79.0 cm³/mol. The first-order valence-corrected chi connectivity index (χ1v) is 6.22. The topological polar surface area (TPSA) is 52.3 Å². The Kier molecular flexibility index (Phi) is 4.41. The van der Waals surface area contributed by atoms with Crippen LogP contribution >= 0.6 is 0 Å². The van der Waals surface area contributed by atoms with Crippen molar-refractivity contribution in [2.75, 3.05) is 12.8 Å².